The van der Waals surface area contributed by atoms with Crippen LogP contribution in [-0.2, 0) is 17.6 Å². The number of nitrogens with one attached hydrogen (secondary N) is 1. The Bertz CT molecular complexity index is 683. The molecule has 1 N–H and O–H groups in total. The van der Waals surface area contributed by atoms with Crippen LogP contribution in [0.25, 0.3) is 6.08 Å². The van der Waals surface area contributed by atoms with Crippen molar-refractivity contribution in [2.24, 2.45) is 0 Å². The highest BCUT2D eigenvalue weighted by Crippen LogP contribution is 2.30. The fraction of sp³-hybridized carbons (Fsp3) is 0.333. The minimum Gasteiger partial charge on any atom is -0.494 e. The standard InChI is InChI=1S/C18H20N2O2S/c1-2-12-22-14-9-6-13(7-10-14)8-11-17(21)20-18-19-15-4-3-5-16(15)23-18/h6-11H,2-5,12H2,1H3,(H,19,20,21)/b11-8+. The van der Waals surface area contributed by atoms with Crippen molar-refractivity contribution in [2.45, 2.75) is 32.6 Å². The van der Waals surface area contributed by atoms with E-state index >= 15 is 0 Å². The molecule has 120 valence electrons. The van der Waals surface area contributed by atoms with Crippen LogP contribution >= 0.6 is 11.3 Å². The lowest BCUT2D eigenvalue weighted by atomic mass is 10.2. The van der Waals surface area contributed by atoms with E-state index in [0.29, 0.717) is 5.13 Å². The predicted molar refractivity (Wildman–Crippen MR) is 94.0 cm³/mol. The van der Waals surface area contributed by atoms with Gasteiger partial charge in [0.1, 0.15) is 5.75 Å². The first-order valence-electron chi connectivity index (χ1n) is 7.95. The second-order valence-corrected chi connectivity index (χ2v) is 6.57. The van der Waals surface area contributed by atoms with E-state index in [2.05, 4.69) is 17.2 Å². The number of aromatic nitrogens is 1. The van der Waals surface area contributed by atoms with Crippen molar-refractivity contribution in [3.05, 3.63) is 46.5 Å². The zero-order valence-electron chi connectivity index (χ0n) is 13.2. The van der Waals surface area contributed by atoms with Crippen molar-refractivity contribution >= 4 is 28.5 Å². The van der Waals surface area contributed by atoms with Gasteiger partial charge in [-0.1, -0.05) is 19.1 Å². The summed E-state index contributed by atoms with van der Waals surface area (Å²) >= 11 is 1.59. The normalized spacial score (nSPS) is 13.3. The smallest absolute Gasteiger partial charge is 0.250 e. The van der Waals surface area contributed by atoms with Crippen LogP contribution in [0.3, 0.4) is 0 Å². The zero-order chi connectivity index (χ0) is 16.1. The Labute approximate surface area is 140 Å². The highest BCUT2D eigenvalue weighted by molar-refractivity contribution is 7.15. The quantitative estimate of drug-likeness (QED) is 0.813. The molecule has 0 aliphatic heterocycles. The second kappa shape index (κ2) is 7.42. The molecule has 1 aromatic carbocycles. The molecule has 1 aliphatic carbocycles. The number of amides is 1. The number of carbonyl (C=O) groups is 1. The molecule has 1 aromatic heterocycles. The highest BCUT2D eigenvalue weighted by Gasteiger charge is 2.17. The number of nitrogens with zero attached hydrogens (tertiary/aromatic N) is 1. The van der Waals surface area contributed by atoms with E-state index in [1.807, 2.05) is 24.3 Å². The van der Waals surface area contributed by atoms with Gasteiger partial charge in [-0.15, -0.1) is 11.3 Å². The lowest BCUT2D eigenvalue weighted by molar-refractivity contribution is -0.111. The number of thiazole rings is 1. The van der Waals surface area contributed by atoms with Gasteiger partial charge in [0.15, 0.2) is 5.13 Å². The van der Waals surface area contributed by atoms with Gasteiger partial charge in [0.05, 0.1) is 12.3 Å². The molecule has 1 amide bonds. The maximum atomic E-state index is 12.0. The number of aryl methyl sites for hydroxylation is 2. The molecule has 0 unspecified atom stereocenters. The molecule has 0 fully saturated rings. The van der Waals surface area contributed by atoms with Crippen LogP contribution < -0.4 is 10.1 Å². The van der Waals surface area contributed by atoms with Gasteiger partial charge in [0, 0.05) is 11.0 Å². The monoisotopic (exact) mass is 328 g/mol. The lowest BCUT2D eigenvalue weighted by Gasteiger charge is -2.04. The molecule has 0 bridgehead atoms. The molecule has 5 heteroatoms. The molecular formula is C18H20N2O2S. The first-order valence-corrected chi connectivity index (χ1v) is 8.77. The van der Waals surface area contributed by atoms with Gasteiger partial charge in [-0.05, 0) is 49.5 Å². The Morgan fingerprint density at radius 3 is 2.91 bits per heavy atom. The number of benzene rings is 1. The lowest BCUT2D eigenvalue weighted by Crippen LogP contribution is -2.07. The Kier molecular flexibility index (Phi) is 5.08. The van der Waals surface area contributed by atoms with E-state index in [1.165, 1.54) is 17.4 Å². The summed E-state index contributed by atoms with van der Waals surface area (Å²) in [6.45, 7) is 2.79. The van der Waals surface area contributed by atoms with E-state index in [1.54, 1.807) is 17.4 Å². The van der Waals surface area contributed by atoms with Crippen molar-refractivity contribution in [1.82, 2.24) is 4.98 Å². The van der Waals surface area contributed by atoms with Crippen LogP contribution in [0.2, 0.25) is 0 Å². The molecule has 0 atom stereocenters. The summed E-state index contributed by atoms with van der Waals surface area (Å²) in [7, 11) is 0. The third-order valence-corrected chi connectivity index (χ3v) is 4.68. The summed E-state index contributed by atoms with van der Waals surface area (Å²) in [4.78, 5) is 17.7. The molecule has 3 rings (SSSR count). The Morgan fingerprint density at radius 2 is 2.17 bits per heavy atom. The van der Waals surface area contributed by atoms with E-state index in [-0.39, 0.29) is 5.91 Å². The van der Waals surface area contributed by atoms with E-state index < -0.39 is 0 Å². The molecule has 1 heterocycles. The van der Waals surface area contributed by atoms with E-state index in [4.69, 9.17) is 4.74 Å². The summed E-state index contributed by atoms with van der Waals surface area (Å²) in [6, 6.07) is 7.71. The molecule has 23 heavy (non-hydrogen) atoms. The highest BCUT2D eigenvalue weighted by atomic mass is 32.1. The number of fused-ring (bicyclic) bond motifs is 1. The van der Waals surface area contributed by atoms with Crippen molar-refractivity contribution in [2.75, 3.05) is 11.9 Å². The minimum absolute atomic E-state index is 0.149. The Hall–Kier alpha value is -2.14. The van der Waals surface area contributed by atoms with Gasteiger partial charge in [-0.2, -0.15) is 0 Å². The summed E-state index contributed by atoms with van der Waals surface area (Å²) < 4.78 is 5.53. The number of anilines is 1. The number of carbonyl (C=O) groups excluding carboxylic acids is 1. The third kappa shape index (κ3) is 4.20. The second-order valence-electron chi connectivity index (χ2n) is 5.48. The first-order chi connectivity index (χ1) is 11.2. The maximum absolute atomic E-state index is 12.0. The van der Waals surface area contributed by atoms with Gasteiger partial charge >= 0.3 is 0 Å². The summed E-state index contributed by atoms with van der Waals surface area (Å²) in [6.07, 6.45) is 7.62. The van der Waals surface area contributed by atoms with Crippen molar-refractivity contribution in [3.8, 4) is 5.75 Å². The van der Waals surface area contributed by atoms with Crippen molar-refractivity contribution in [3.63, 3.8) is 0 Å². The largest absolute Gasteiger partial charge is 0.494 e. The fourth-order valence-electron chi connectivity index (χ4n) is 2.46. The van der Waals surface area contributed by atoms with Crippen molar-refractivity contribution < 1.29 is 9.53 Å². The molecule has 0 saturated carbocycles. The molecule has 4 nitrogen and oxygen atoms in total. The van der Waals surface area contributed by atoms with Gasteiger partial charge in [0.25, 0.3) is 0 Å². The topological polar surface area (TPSA) is 51.2 Å². The van der Waals surface area contributed by atoms with Crippen LogP contribution in [-0.4, -0.2) is 17.5 Å². The number of hydrogen-bond acceptors (Lipinski definition) is 4. The fourth-order valence-corrected chi connectivity index (χ4v) is 3.51. The Morgan fingerprint density at radius 1 is 1.35 bits per heavy atom. The average Bonchev–Trinajstić information content (AvgIpc) is 3.13. The third-order valence-electron chi connectivity index (χ3n) is 3.61. The minimum atomic E-state index is -0.149. The predicted octanol–water partition coefficient (Wildman–Crippen LogP) is 4.07. The first kappa shape index (κ1) is 15.7. The average molecular weight is 328 g/mol. The molecule has 0 spiro atoms. The van der Waals surface area contributed by atoms with Gasteiger partial charge in [0.2, 0.25) is 5.91 Å². The van der Waals surface area contributed by atoms with Crippen LogP contribution in [0.1, 0.15) is 35.9 Å². The molecular weight excluding hydrogens is 308 g/mol. The molecule has 0 saturated heterocycles. The molecule has 2 aromatic rings. The number of rotatable bonds is 6. The molecule has 1 aliphatic rings. The van der Waals surface area contributed by atoms with Gasteiger partial charge < -0.3 is 4.74 Å². The van der Waals surface area contributed by atoms with Gasteiger partial charge in [-0.3, -0.25) is 10.1 Å². The zero-order valence-corrected chi connectivity index (χ0v) is 14.0. The number of ether oxygens (including phenoxy) is 1. The SMILES string of the molecule is CCCOc1ccc(/C=C/C(=O)Nc2nc3c(s2)CCC3)cc1. The summed E-state index contributed by atoms with van der Waals surface area (Å²) in [5.41, 5.74) is 2.11. The number of hydrogen-bond donors (Lipinski definition) is 1. The van der Waals surface area contributed by atoms with Crippen LogP contribution in [0.15, 0.2) is 30.3 Å². The van der Waals surface area contributed by atoms with Crippen molar-refractivity contribution in [1.29, 1.82) is 0 Å². The van der Waals surface area contributed by atoms with Gasteiger partial charge in [-0.25, -0.2) is 4.98 Å². The van der Waals surface area contributed by atoms with E-state index in [0.717, 1.165) is 42.9 Å². The van der Waals surface area contributed by atoms with Crippen LogP contribution in [0.4, 0.5) is 5.13 Å². The Balaban J connectivity index is 1.55. The summed E-state index contributed by atoms with van der Waals surface area (Å²) in [5, 5.41) is 3.54. The summed E-state index contributed by atoms with van der Waals surface area (Å²) in [5.74, 6) is 0.703. The van der Waals surface area contributed by atoms with Crippen LogP contribution in [0, 0.1) is 0 Å². The maximum Gasteiger partial charge on any atom is 0.250 e. The molecule has 0 radical (unpaired) electrons. The van der Waals surface area contributed by atoms with E-state index in [9.17, 15) is 4.79 Å². The van der Waals surface area contributed by atoms with Crippen LogP contribution in [0.5, 0.6) is 5.75 Å².